The predicted octanol–water partition coefficient (Wildman–Crippen LogP) is 2.36. The number of amides is 1. The predicted molar refractivity (Wildman–Crippen MR) is 91.3 cm³/mol. The molecule has 0 radical (unpaired) electrons. The van der Waals surface area contributed by atoms with Gasteiger partial charge in [-0.2, -0.15) is 0 Å². The Morgan fingerprint density at radius 3 is 2.71 bits per heavy atom. The number of hydrogen-bond donors (Lipinski definition) is 2. The van der Waals surface area contributed by atoms with Gasteiger partial charge in [-0.25, -0.2) is 4.68 Å². The molecule has 0 aliphatic carbocycles. The second-order valence-electron chi connectivity index (χ2n) is 5.51. The van der Waals surface area contributed by atoms with Crippen LogP contribution in [0, 0.1) is 6.92 Å². The Morgan fingerprint density at radius 1 is 1.21 bits per heavy atom. The van der Waals surface area contributed by atoms with Gasteiger partial charge >= 0.3 is 0 Å². The zero-order valence-electron chi connectivity index (χ0n) is 13.3. The summed E-state index contributed by atoms with van der Waals surface area (Å²) in [4.78, 5) is 12.3. The van der Waals surface area contributed by atoms with E-state index in [1.54, 1.807) is 23.0 Å². The van der Waals surface area contributed by atoms with Crippen molar-refractivity contribution in [2.24, 2.45) is 0 Å². The maximum Gasteiger partial charge on any atom is 0.277 e. The summed E-state index contributed by atoms with van der Waals surface area (Å²) in [6.45, 7) is 2.10. The normalized spacial score (nSPS) is 10.6. The first-order valence-electron chi connectivity index (χ1n) is 7.66. The molecule has 0 saturated heterocycles. The van der Waals surface area contributed by atoms with E-state index in [2.05, 4.69) is 15.6 Å². The molecule has 0 unspecified atom stereocenters. The van der Waals surface area contributed by atoms with Crippen LogP contribution in [0.5, 0.6) is 0 Å². The highest BCUT2D eigenvalue weighted by molar-refractivity contribution is 6.02. The standard InChI is InChI=1S/C18H18N4O2/c1-13-3-2-4-16(11-13)22-12-17(20-21-22)18(24)19-15-7-5-14(6-8-15)9-10-23/h2-8,11-12,23H,9-10H2,1H3,(H,19,24). The highest BCUT2D eigenvalue weighted by atomic mass is 16.3. The topological polar surface area (TPSA) is 80.0 Å². The van der Waals surface area contributed by atoms with Gasteiger partial charge in [0.1, 0.15) is 0 Å². The number of rotatable bonds is 5. The van der Waals surface area contributed by atoms with Crippen molar-refractivity contribution in [2.45, 2.75) is 13.3 Å². The van der Waals surface area contributed by atoms with Gasteiger partial charge in [0.15, 0.2) is 5.69 Å². The maximum absolute atomic E-state index is 12.3. The summed E-state index contributed by atoms with van der Waals surface area (Å²) in [6.07, 6.45) is 2.20. The molecule has 3 aromatic rings. The second-order valence-corrected chi connectivity index (χ2v) is 5.51. The zero-order chi connectivity index (χ0) is 16.9. The number of aromatic nitrogens is 3. The van der Waals surface area contributed by atoms with Crippen molar-refractivity contribution < 1.29 is 9.90 Å². The summed E-state index contributed by atoms with van der Waals surface area (Å²) >= 11 is 0. The van der Waals surface area contributed by atoms with Crippen molar-refractivity contribution in [3.63, 3.8) is 0 Å². The van der Waals surface area contributed by atoms with Gasteiger partial charge in [0.25, 0.3) is 5.91 Å². The Bertz CT molecular complexity index is 840. The average molecular weight is 322 g/mol. The van der Waals surface area contributed by atoms with E-state index in [0.717, 1.165) is 16.8 Å². The van der Waals surface area contributed by atoms with Crippen LogP contribution >= 0.6 is 0 Å². The van der Waals surface area contributed by atoms with Crippen molar-refractivity contribution in [3.8, 4) is 5.69 Å². The van der Waals surface area contributed by atoms with E-state index >= 15 is 0 Å². The van der Waals surface area contributed by atoms with E-state index in [1.807, 2.05) is 43.3 Å². The molecule has 1 amide bonds. The van der Waals surface area contributed by atoms with Crippen LogP contribution < -0.4 is 5.32 Å². The molecular formula is C18H18N4O2. The number of carbonyl (C=O) groups is 1. The van der Waals surface area contributed by atoms with Gasteiger partial charge in [0.2, 0.25) is 0 Å². The third kappa shape index (κ3) is 3.67. The smallest absolute Gasteiger partial charge is 0.277 e. The SMILES string of the molecule is Cc1cccc(-n2cc(C(=O)Nc3ccc(CCO)cc3)nn2)c1. The van der Waals surface area contributed by atoms with Crippen LogP contribution in [-0.4, -0.2) is 32.6 Å². The largest absolute Gasteiger partial charge is 0.396 e. The number of benzene rings is 2. The number of carbonyl (C=O) groups excluding carboxylic acids is 1. The lowest BCUT2D eigenvalue weighted by molar-refractivity contribution is 0.102. The quantitative estimate of drug-likeness (QED) is 0.756. The molecule has 0 bridgehead atoms. The van der Waals surface area contributed by atoms with E-state index in [0.29, 0.717) is 12.1 Å². The first kappa shape index (κ1) is 15.9. The van der Waals surface area contributed by atoms with Gasteiger partial charge < -0.3 is 10.4 Å². The van der Waals surface area contributed by atoms with Crippen LogP contribution in [0.3, 0.4) is 0 Å². The van der Waals surface area contributed by atoms with Crippen LogP contribution in [0.2, 0.25) is 0 Å². The molecule has 0 atom stereocenters. The van der Waals surface area contributed by atoms with E-state index in [-0.39, 0.29) is 18.2 Å². The summed E-state index contributed by atoms with van der Waals surface area (Å²) in [5, 5.41) is 19.6. The van der Waals surface area contributed by atoms with E-state index < -0.39 is 0 Å². The Hall–Kier alpha value is -2.99. The number of aliphatic hydroxyl groups excluding tert-OH is 1. The number of hydrogen-bond acceptors (Lipinski definition) is 4. The van der Waals surface area contributed by atoms with Gasteiger partial charge in [-0.05, 0) is 48.7 Å². The van der Waals surface area contributed by atoms with Crippen molar-refractivity contribution in [2.75, 3.05) is 11.9 Å². The molecule has 0 aliphatic rings. The molecule has 0 aliphatic heterocycles. The van der Waals surface area contributed by atoms with Gasteiger partial charge in [0, 0.05) is 12.3 Å². The first-order valence-corrected chi connectivity index (χ1v) is 7.66. The lowest BCUT2D eigenvalue weighted by Crippen LogP contribution is -2.12. The number of aryl methyl sites for hydroxylation is 1. The first-order chi connectivity index (χ1) is 11.7. The van der Waals surface area contributed by atoms with Crippen LogP contribution in [0.25, 0.3) is 5.69 Å². The molecule has 2 aromatic carbocycles. The van der Waals surface area contributed by atoms with Gasteiger partial charge in [0.05, 0.1) is 11.9 Å². The molecule has 0 spiro atoms. The maximum atomic E-state index is 12.3. The molecule has 1 aromatic heterocycles. The van der Waals surface area contributed by atoms with Gasteiger partial charge in [-0.1, -0.05) is 29.5 Å². The number of nitrogens with zero attached hydrogens (tertiary/aromatic N) is 3. The Kier molecular flexibility index (Phi) is 4.67. The molecule has 122 valence electrons. The van der Waals surface area contributed by atoms with Crippen molar-refractivity contribution >= 4 is 11.6 Å². The second kappa shape index (κ2) is 7.06. The number of anilines is 1. The molecule has 1 heterocycles. The van der Waals surface area contributed by atoms with Gasteiger partial charge in [-0.3, -0.25) is 4.79 Å². The fourth-order valence-electron chi connectivity index (χ4n) is 2.34. The van der Waals surface area contributed by atoms with Crippen LogP contribution in [-0.2, 0) is 6.42 Å². The zero-order valence-corrected chi connectivity index (χ0v) is 13.3. The molecule has 0 fully saturated rings. The van der Waals surface area contributed by atoms with E-state index in [1.165, 1.54) is 0 Å². The molecule has 6 nitrogen and oxygen atoms in total. The van der Waals surface area contributed by atoms with Crippen molar-refractivity contribution in [1.29, 1.82) is 0 Å². The Labute approximate surface area is 139 Å². The van der Waals surface area contributed by atoms with Gasteiger partial charge in [-0.15, -0.1) is 5.10 Å². The summed E-state index contributed by atoms with van der Waals surface area (Å²) in [7, 11) is 0. The summed E-state index contributed by atoms with van der Waals surface area (Å²) in [5.74, 6) is -0.316. The molecule has 24 heavy (non-hydrogen) atoms. The monoisotopic (exact) mass is 322 g/mol. The van der Waals surface area contributed by atoms with Crippen molar-refractivity contribution in [1.82, 2.24) is 15.0 Å². The third-order valence-corrected chi connectivity index (χ3v) is 3.60. The average Bonchev–Trinajstić information content (AvgIpc) is 3.07. The highest BCUT2D eigenvalue weighted by Gasteiger charge is 2.12. The van der Waals surface area contributed by atoms with E-state index in [9.17, 15) is 4.79 Å². The molecule has 6 heteroatoms. The minimum absolute atomic E-state index is 0.105. The fraction of sp³-hybridized carbons (Fsp3) is 0.167. The minimum atomic E-state index is -0.316. The Balaban J connectivity index is 1.71. The van der Waals surface area contributed by atoms with Crippen LogP contribution in [0.4, 0.5) is 5.69 Å². The minimum Gasteiger partial charge on any atom is -0.396 e. The van der Waals surface area contributed by atoms with Crippen LogP contribution in [0.1, 0.15) is 21.6 Å². The molecule has 3 rings (SSSR count). The van der Waals surface area contributed by atoms with E-state index in [4.69, 9.17) is 5.11 Å². The number of aliphatic hydroxyl groups is 1. The third-order valence-electron chi connectivity index (χ3n) is 3.60. The number of nitrogens with one attached hydrogen (secondary N) is 1. The fourth-order valence-corrected chi connectivity index (χ4v) is 2.34. The highest BCUT2D eigenvalue weighted by Crippen LogP contribution is 2.13. The molecule has 2 N–H and O–H groups in total. The molecular weight excluding hydrogens is 304 g/mol. The van der Waals surface area contributed by atoms with Crippen LogP contribution in [0.15, 0.2) is 54.7 Å². The summed E-state index contributed by atoms with van der Waals surface area (Å²) < 4.78 is 1.58. The molecule has 0 saturated carbocycles. The Morgan fingerprint density at radius 2 is 2.00 bits per heavy atom. The van der Waals surface area contributed by atoms with Crippen molar-refractivity contribution in [3.05, 3.63) is 71.5 Å². The summed E-state index contributed by atoms with van der Waals surface area (Å²) in [6, 6.07) is 15.1. The lowest BCUT2D eigenvalue weighted by atomic mass is 10.1. The summed E-state index contributed by atoms with van der Waals surface area (Å²) in [5.41, 5.74) is 3.90. The lowest BCUT2D eigenvalue weighted by Gasteiger charge is -2.04.